The van der Waals surface area contributed by atoms with E-state index in [1.54, 1.807) is 0 Å². The Balaban J connectivity index is 1.57. The number of carbonyl (C=O) groups excluding carboxylic acids is 1. The monoisotopic (exact) mass is 405 g/mol. The van der Waals surface area contributed by atoms with Crippen molar-refractivity contribution in [2.45, 2.75) is 6.61 Å². The third kappa shape index (κ3) is 4.90. The maximum absolute atomic E-state index is 11.2. The number of benzene rings is 4. The van der Waals surface area contributed by atoms with E-state index in [0.29, 0.717) is 0 Å². The maximum Gasteiger partial charge on any atom is 0.330 e. The van der Waals surface area contributed by atoms with Gasteiger partial charge in [-0.15, -0.1) is 0 Å². The predicted octanol–water partition coefficient (Wildman–Crippen LogP) is 7.05. The normalized spacial score (nSPS) is 10.3. The molecule has 0 aliphatic rings. The fourth-order valence-electron chi connectivity index (χ4n) is 3.41. The Kier molecular flexibility index (Phi) is 6.24. The molecule has 0 aliphatic carbocycles. The van der Waals surface area contributed by atoms with Gasteiger partial charge in [0.2, 0.25) is 0 Å². The summed E-state index contributed by atoms with van der Waals surface area (Å²) in [5, 5.41) is 0. The van der Waals surface area contributed by atoms with E-state index in [1.807, 2.05) is 60.7 Å². The highest BCUT2D eigenvalue weighted by atomic mass is 16.5. The molecule has 3 nitrogen and oxygen atoms in total. The van der Waals surface area contributed by atoms with Gasteiger partial charge >= 0.3 is 5.97 Å². The summed E-state index contributed by atoms with van der Waals surface area (Å²) in [6, 6.07) is 37.2. The molecule has 152 valence electrons. The molecule has 4 aromatic carbocycles. The fraction of sp³-hybridized carbons (Fsp3) is 0.0357. The summed E-state index contributed by atoms with van der Waals surface area (Å²) >= 11 is 0. The molecule has 0 saturated carbocycles. The first kappa shape index (κ1) is 20.2. The largest absolute Gasteiger partial charge is 0.458 e. The first-order valence-electron chi connectivity index (χ1n) is 10.1. The van der Waals surface area contributed by atoms with Crippen LogP contribution in [0.5, 0.6) is 0 Å². The summed E-state index contributed by atoms with van der Waals surface area (Å²) in [5.74, 6) is -0.416. The second-order valence-electron chi connectivity index (χ2n) is 7.06. The Hall–Kier alpha value is -4.11. The molecule has 0 unspecified atom stereocenters. The molecule has 0 amide bonds. The van der Waals surface area contributed by atoms with Crippen LogP contribution >= 0.6 is 0 Å². The van der Waals surface area contributed by atoms with Crippen LogP contribution in [-0.4, -0.2) is 5.97 Å². The SMILES string of the molecule is C=CC(=O)OCc1ccc(-c2ccc(N(c3ccccc3)c3ccccc3)cc2)cc1. The molecule has 4 rings (SSSR count). The lowest BCUT2D eigenvalue weighted by molar-refractivity contribution is -0.138. The average Bonchev–Trinajstić information content (AvgIpc) is 2.85. The maximum atomic E-state index is 11.2. The van der Waals surface area contributed by atoms with Crippen LogP contribution in [0.3, 0.4) is 0 Å². The molecule has 0 heterocycles. The molecule has 0 spiro atoms. The van der Waals surface area contributed by atoms with Gasteiger partial charge in [0.15, 0.2) is 0 Å². The van der Waals surface area contributed by atoms with Gasteiger partial charge in [0.25, 0.3) is 0 Å². The number of para-hydroxylation sites is 2. The van der Waals surface area contributed by atoms with Crippen molar-refractivity contribution in [2.75, 3.05) is 4.90 Å². The van der Waals surface area contributed by atoms with Crippen LogP contribution in [0.25, 0.3) is 11.1 Å². The number of hydrogen-bond donors (Lipinski definition) is 0. The van der Waals surface area contributed by atoms with Crippen molar-refractivity contribution < 1.29 is 9.53 Å². The van der Waals surface area contributed by atoms with Gasteiger partial charge in [-0.2, -0.15) is 0 Å². The van der Waals surface area contributed by atoms with Crippen molar-refractivity contribution in [3.63, 3.8) is 0 Å². The second-order valence-corrected chi connectivity index (χ2v) is 7.06. The van der Waals surface area contributed by atoms with E-state index in [9.17, 15) is 4.79 Å². The lowest BCUT2D eigenvalue weighted by Gasteiger charge is -2.25. The van der Waals surface area contributed by atoms with Gasteiger partial charge in [-0.05, 0) is 53.1 Å². The minimum Gasteiger partial charge on any atom is -0.458 e. The highest BCUT2D eigenvalue weighted by Crippen LogP contribution is 2.35. The lowest BCUT2D eigenvalue weighted by Crippen LogP contribution is -2.09. The van der Waals surface area contributed by atoms with Gasteiger partial charge in [-0.25, -0.2) is 4.79 Å². The number of esters is 1. The molecule has 0 bridgehead atoms. The Labute approximate surface area is 182 Å². The molecule has 0 saturated heterocycles. The van der Waals surface area contributed by atoms with Crippen molar-refractivity contribution in [1.82, 2.24) is 0 Å². The summed E-state index contributed by atoms with van der Waals surface area (Å²) in [6.07, 6.45) is 1.17. The minimum atomic E-state index is -0.416. The van der Waals surface area contributed by atoms with Gasteiger partial charge in [0.05, 0.1) is 0 Å². The molecule has 0 aliphatic heterocycles. The molecule has 0 N–H and O–H groups in total. The Morgan fingerprint density at radius 1 is 0.677 bits per heavy atom. The summed E-state index contributed by atoms with van der Waals surface area (Å²) < 4.78 is 5.09. The minimum absolute atomic E-state index is 0.243. The van der Waals surface area contributed by atoms with Crippen molar-refractivity contribution >= 4 is 23.0 Å². The van der Waals surface area contributed by atoms with Crippen LogP contribution in [0, 0.1) is 0 Å². The van der Waals surface area contributed by atoms with Gasteiger partial charge in [-0.3, -0.25) is 0 Å². The van der Waals surface area contributed by atoms with Crippen molar-refractivity contribution in [2.24, 2.45) is 0 Å². The van der Waals surface area contributed by atoms with E-state index in [0.717, 1.165) is 33.8 Å². The van der Waals surface area contributed by atoms with Gasteiger partial charge in [0, 0.05) is 23.1 Å². The summed E-state index contributed by atoms with van der Waals surface area (Å²) in [6.45, 7) is 3.65. The van der Waals surface area contributed by atoms with Crippen LogP contribution in [-0.2, 0) is 16.1 Å². The average molecular weight is 405 g/mol. The Bertz CT molecular complexity index is 1100. The zero-order valence-electron chi connectivity index (χ0n) is 17.1. The predicted molar refractivity (Wildman–Crippen MR) is 127 cm³/mol. The van der Waals surface area contributed by atoms with Crippen molar-refractivity contribution in [3.8, 4) is 11.1 Å². The van der Waals surface area contributed by atoms with Crippen LogP contribution < -0.4 is 4.90 Å². The number of hydrogen-bond acceptors (Lipinski definition) is 3. The Morgan fingerprint density at radius 2 is 1.13 bits per heavy atom. The van der Waals surface area contributed by atoms with Crippen LogP contribution in [0.4, 0.5) is 17.1 Å². The number of ether oxygens (including phenoxy) is 1. The number of rotatable bonds is 7. The molecular weight excluding hydrogens is 382 g/mol. The van der Waals surface area contributed by atoms with Gasteiger partial charge < -0.3 is 9.64 Å². The van der Waals surface area contributed by atoms with E-state index in [1.165, 1.54) is 6.08 Å². The molecule has 0 atom stereocenters. The summed E-state index contributed by atoms with van der Waals surface area (Å²) in [7, 11) is 0. The molecule has 0 radical (unpaired) electrons. The summed E-state index contributed by atoms with van der Waals surface area (Å²) in [4.78, 5) is 13.5. The van der Waals surface area contributed by atoms with E-state index < -0.39 is 5.97 Å². The highest BCUT2D eigenvalue weighted by molar-refractivity contribution is 5.81. The van der Waals surface area contributed by atoms with Crippen LogP contribution in [0.2, 0.25) is 0 Å². The van der Waals surface area contributed by atoms with Crippen LogP contribution in [0.1, 0.15) is 5.56 Å². The zero-order chi connectivity index (χ0) is 21.5. The topological polar surface area (TPSA) is 29.5 Å². The third-order valence-corrected chi connectivity index (χ3v) is 4.99. The molecule has 0 aromatic heterocycles. The quantitative estimate of drug-likeness (QED) is 0.244. The smallest absolute Gasteiger partial charge is 0.330 e. The Morgan fingerprint density at radius 3 is 1.61 bits per heavy atom. The fourth-order valence-corrected chi connectivity index (χ4v) is 3.41. The van der Waals surface area contributed by atoms with Crippen molar-refractivity contribution in [3.05, 3.63) is 127 Å². The van der Waals surface area contributed by atoms with E-state index >= 15 is 0 Å². The molecular formula is C28H23NO2. The van der Waals surface area contributed by atoms with Crippen LogP contribution in [0.15, 0.2) is 122 Å². The molecule has 31 heavy (non-hydrogen) atoms. The van der Waals surface area contributed by atoms with E-state index in [4.69, 9.17) is 4.74 Å². The van der Waals surface area contributed by atoms with Gasteiger partial charge in [0.1, 0.15) is 6.61 Å². The van der Waals surface area contributed by atoms with E-state index in [-0.39, 0.29) is 6.61 Å². The molecule has 4 aromatic rings. The standard InChI is InChI=1S/C28H23NO2/c1-2-28(30)31-21-22-13-15-23(16-14-22)24-17-19-27(20-18-24)29(25-9-5-3-6-10-25)26-11-7-4-8-12-26/h2-20H,1,21H2. The molecule has 3 heteroatoms. The van der Waals surface area contributed by atoms with Crippen molar-refractivity contribution in [1.29, 1.82) is 0 Å². The summed E-state index contributed by atoms with van der Waals surface area (Å²) in [5.41, 5.74) is 6.49. The molecule has 0 fully saturated rings. The third-order valence-electron chi connectivity index (χ3n) is 4.99. The second kappa shape index (κ2) is 9.59. The lowest BCUT2D eigenvalue weighted by atomic mass is 10.0. The highest BCUT2D eigenvalue weighted by Gasteiger charge is 2.11. The van der Waals surface area contributed by atoms with Gasteiger partial charge in [-0.1, -0.05) is 79.4 Å². The zero-order valence-corrected chi connectivity index (χ0v) is 17.1. The number of anilines is 3. The number of nitrogens with zero attached hydrogens (tertiary/aromatic N) is 1. The first-order chi connectivity index (χ1) is 15.2. The number of carbonyl (C=O) groups is 1. The first-order valence-corrected chi connectivity index (χ1v) is 10.1. The van der Waals surface area contributed by atoms with E-state index in [2.05, 4.69) is 60.0 Å².